The molecular formula is C29H26FN3O3S. The second-order valence-corrected chi connectivity index (χ2v) is 10.4. The lowest BCUT2D eigenvalue weighted by atomic mass is 10.0. The Morgan fingerprint density at radius 3 is 2.68 bits per heavy atom. The van der Waals surface area contributed by atoms with Gasteiger partial charge in [-0.3, -0.25) is 4.90 Å². The van der Waals surface area contributed by atoms with Crippen molar-refractivity contribution in [3.8, 4) is 16.9 Å². The van der Waals surface area contributed by atoms with Gasteiger partial charge in [0.25, 0.3) is 0 Å². The Hall–Kier alpha value is -3.91. The number of carbonyl (C=O) groups excluding carboxylic acids is 1. The third kappa shape index (κ3) is 5.02. The number of nitrogens with zero attached hydrogens (tertiary/aromatic N) is 2. The zero-order valence-electron chi connectivity index (χ0n) is 20.4. The molecule has 2 aliphatic rings. The van der Waals surface area contributed by atoms with Crippen LogP contribution in [0.5, 0.6) is 5.75 Å². The summed E-state index contributed by atoms with van der Waals surface area (Å²) >= 11 is 1.58. The maximum atomic E-state index is 15.0. The van der Waals surface area contributed by atoms with Gasteiger partial charge >= 0.3 is 6.09 Å². The topological polar surface area (TPSA) is 63.7 Å². The van der Waals surface area contributed by atoms with Gasteiger partial charge in [0.15, 0.2) is 5.13 Å². The van der Waals surface area contributed by atoms with E-state index in [1.54, 1.807) is 30.6 Å². The van der Waals surface area contributed by atoms with Crippen LogP contribution in [0.3, 0.4) is 0 Å². The van der Waals surface area contributed by atoms with Crippen LogP contribution in [0.4, 0.5) is 20.0 Å². The Bertz CT molecular complexity index is 1450. The van der Waals surface area contributed by atoms with Crippen LogP contribution in [-0.2, 0) is 17.7 Å². The zero-order chi connectivity index (χ0) is 25.4. The molecule has 1 aromatic heterocycles. The quantitative estimate of drug-likeness (QED) is 0.285. The average Bonchev–Trinajstić information content (AvgIpc) is 3.37. The van der Waals surface area contributed by atoms with E-state index in [-0.39, 0.29) is 11.4 Å². The molecule has 3 aromatic carbocycles. The number of benzene rings is 3. The number of carbonyl (C=O) groups is 1. The summed E-state index contributed by atoms with van der Waals surface area (Å²) in [6.07, 6.45) is 2.06. The highest BCUT2D eigenvalue weighted by molar-refractivity contribution is 7.13. The molecule has 0 atom stereocenters. The lowest BCUT2D eigenvalue weighted by molar-refractivity contribution is 0.129. The van der Waals surface area contributed by atoms with Crippen molar-refractivity contribution in [2.45, 2.75) is 31.4 Å². The molecule has 1 aliphatic carbocycles. The van der Waals surface area contributed by atoms with Gasteiger partial charge in [-0.2, -0.15) is 0 Å². The Morgan fingerprint density at radius 2 is 1.95 bits per heavy atom. The summed E-state index contributed by atoms with van der Waals surface area (Å²) in [6.45, 7) is 1.16. The SMILES string of the molecule is COc1cccc(CNc2nc(Cc3ccc(-c4ccc(N5CC6(CC6)OC5=O)cc4F)cc3)cs2)c1. The van der Waals surface area contributed by atoms with Gasteiger partial charge in [0.2, 0.25) is 0 Å². The first-order valence-corrected chi connectivity index (χ1v) is 13.1. The number of thiazole rings is 1. The lowest BCUT2D eigenvalue weighted by Crippen LogP contribution is -2.24. The van der Waals surface area contributed by atoms with E-state index in [4.69, 9.17) is 14.5 Å². The minimum Gasteiger partial charge on any atom is -0.497 e. The van der Waals surface area contributed by atoms with E-state index in [0.29, 0.717) is 30.8 Å². The van der Waals surface area contributed by atoms with E-state index in [0.717, 1.165) is 46.1 Å². The molecule has 2 heterocycles. The Kier molecular flexibility index (Phi) is 6.04. The molecule has 1 saturated heterocycles. The molecule has 2 fully saturated rings. The number of rotatable bonds is 8. The zero-order valence-corrected chi connectivity index (χ0v) is 21.2. The molecule has 1 saturated carbocycles. The van der Waals surface area contributed by atoms with Gasteiger partial charge < -0.3 is 14.8 Å². The molecule has 0 radical (unpaired) electrons. The number of halogens is 1. The summed E-state index contributed by atoms with van der Waals surface area (Å²) in [5, 5.41) is 6.29. The Labute approximate surface area is 218 Å². The fourth-order valence-corrected chi connectivity index (χ4v) is 5.28. The number of hydrogen-bond acceptors (Lipinski definition) is 6. The minimum absolute atomic E-state index is 0.341. The molecule has 37 heavy (non-hydrogen) atoms. The van der Waals surface area contributed by atoms with Crippen LogP contribution in [0.25, 0.3) is 11.1 Å². The van der Waals surface area contributed by atoms with Crippen molar-refractivity contribution in [2.75, 3.05) is 23.9 Å². The number of nitrogens with one attached hydrogen (secondary N) is 1. The first-order valence-electron chi connectivity index (χ1n) is 12.2. The lowest BCUT2D eigenvalue weighted by Gasteiger charge is -2.14. The summed E-state index contributed by atoms with van der Waals surface area (Å²) in [5.41, 5.74) is 4.68. The number of amides is 1. The maximum Gasteiger partial charge on any atom is 0.415 e. The van der Waals surface area contributed by atoms with Crippen LogP contribution in [0.15, 0.2) is 72.1 Å². The first-order chi connectivity index (χ1) is 18.0. The van der Waals surface area contributed by atoms with Crippen LogP contribution in [0.2, 0.25) is 0 Å². The molecule has 8 heteroatoms. The largest absolute Gasteiger partial charge is 0.497 e. The third-order valence-electron chi connectivity index (χ3n) is 6.82. The first kappa shape index (κ1) is 23.5. The minimum atomic E-state index is -0.394. The second-order valence-electron chi connectivity index (χ2n) is 9.52. The molecule has 188 valence electrons. The highest BCUT2D eigenvalue weighted by Gasteiger charge is 2.54. The van der Waals surface area contributed by atoms with Gasteiger partial charge in [-0.15, -0.1) is 11.3 Å². The second kappa shape index (κ2) is 9.52. The van der Waals surface area contributed by atoms with E-state index in [1.807, 2.05) is 48.5 Å². The van der Waals surface area contributed by atoms with E-state index in [2.05, 4.69) is 10.7 Å². The molecular weight excluding hydrogens is 489 g/mol. The van der Waals surface area contributed by atoms with Crippen molar-refractivity contribution in [2.24, 2.45) is 0 Å². The van der Waals surface area contributed by atoms with Gasteiger partial charge in [-0.1, -0.05) is 36.4 Å². The number of anilines is 2. The van der Waals surface area contributed by atoms with Gasteiger partial charge in [0.1, 0.15) is 17.2 Å². The van der Waals surface area contributed by atoms with E-state index >= 15 is 4.39 Å². The standard InChI is InChI=1S/C29H26FN3O3S/c1-35-24-4-2-3-20(14-24)16-31-27-32-22(17-37-27)13-19-5-7-21(8-6-19)25-10-9-23(15-26(25)30)33-18-29(11-12-29)36-28(33)34/h2-10,14-15,17H,11-13,16,18H2,1H3,(H,31,32). The normalized spacial score (nSPS) is 15.6. The maximum absolute atomic E-state index is 15.0. The van der Waals surface area contributed by atoms with Gasteiger partial charge in [0.05, 0.1) is 25.0 Å². The number of aromatic nitrogens is 1. The number of ether oxygens (including phenoxy) is 2. The molecule has 1 aliphatic heterocycles. The summed E-state index contributed by atoms with van der Waals surface area (Å²) < 4.78 is 25.7. The fourth-order valence-electron chi connectivity index (χ4n) is 4.57. The van der Waals surface area contributed by atoms with Gasteiger partial charge in [-0.25, -0.2) is 14.2 Å². The Morgan fingerprint density at radius 1 is 1.11 bits per heavy atom. The summed E-state index contributed by atoms with van der Waals surface area (Å²) in [4.78, 5) is 18.4. The van der Waals surface area contributed by atoms with E-state index in [9.17, 15) is 4.79 Å². The van der Waals surface area contributed by atoms with Crippen LogP contribution in [0.1, 0.15) is 29.7 Å². The molecule has 1 spiro atoms. The molecule has 0 unspecified atom stereocenters. The molecule has 0 bridgehead atoms. The molecule has 4 aromatic rings. The predicted octanol–water partition coefficient (Wildman–Crippen LogP) is 6.65. The van der Waals surface area contributed by atoms with Crippen molar-refractivity contribution in [3.63, 3.8) is 0 Å². The van der Waals surface area contributed by atoms with Crippen molar-refractivity contribution in [3.05, 3.63) is 94.7 Å². The molecule has 1 N–H and O–H groups in total. The van der Waals surface area contributed by atoms with E-state index < -0.39 is 6.09 Å². The number of hydrogen-bond donors (Lipinski definition) is 1. The van der Waals surface area contributed by atoms with Crippen molar-refractivity contribution in [1.82, 2.24) is 4.98 Å². The van der Waals surface area contributed by atoms with Crippen LogP contribution in [0, 0.1) is 5.82 Å². The fraction of sp³-hybridized carbons (Fsp3) is 0.241. The molecule has 1 amide bonds. The van der Waals surface area contributed by atoms with Crippen molar-refractivity contribution in [1.29, 1.82) is 0 Å². The average molecular weight is 516 g/mol. The van der Waals surface area contributed by atoms with Crippen LogP contribution < -0.4 is 15.0 Å². The summed E-state index contributed by atoms with van der Waals surface area (Å²) in [7, 11) is 1.66. The van der Waals surface area contributed by atoms with Gasteiger partial charge in [-0.05, 0) is 59.9 Å². The van der Waals surface area contributed by atoms with Crippen molar-refractivity contribution < 1.29 is 18.7 Å². The predicted molar refractivity (Wildman–Crippen MR) is 143 cm³/mol. The highest BCUT2D eigenvalue weighted by atomic mass is 32.1. The van der Waals surface area contributed by atoms with Crippen LogP contribution >= 0.6 is 11.3 Å². The number of methoxy groups -OCH3 is 1. The summed E-state index contributed by atoms with van der Waals surface area (Å²) in [5.74, 6) is 0.474. The monoisotopic (exact) mass is 515 g/mol. The smallest absolute Gasteiger partial charge is 0.415 e. The van der Waals surface area contributed by atoms with Crippen molar-refractivity contribution >= 4 is 28.2 Å². The third-order valence-corrected chi connectivity index (χ3v) is 7.67. The highest BCUT2D eigenvalue weighted by Crippen LogP contribution is 2.46. The molecule has 6 rings (SSSR count). The van der Waals surface area contributed by atoms with Crippen LogP contribution in [-0.4, -0.2) is 30.3 Å². The summed E-state index contributed by atoms with van der Waals surface area (Å²) in [6, 6.07) is 20.7. The van der Waals surface area contributed by atoms with Gasteiger partial charge in [0, 0.05) is 23.9 Å². The van der Waals surface area contributed by atoms with E-state index in [1.165, 1.54) is 11.0 Å². The molecule has 6 nitrogen and oxygen atoms in total. The Balaban J connectivity index is 1.08.